The van der Waals surface area contributed by atoms with E-state index in [4.69, 9.17) is 9.47 Å². The van der Waals surface area contributed by atoms with Gasteiger partial charge in [-0.15, -0.1) is 0 Å². The average Bonchev–Trinajstić information content (AvgIpc) is 3.01. The third-order valence-electron chi connectivity index (χ3n) is 4.87. The first kappa shape index (κ1) is 16.9. The van der Waals surface area contributed by atoms with Crippen LogP contribution in [0, 0.1) is 13.8 Å². The largest absolute Gasteiger partial charge is 0.376 e. The van der Waals surface area contributed by atoms with E-state index in [1.54, 1.807) is 29.9 Å². The van der Waals surface area contributed by atoms with E-state index in [2.05, 4.69) is 5.10 Å². The Kier molecular flexibility index (Phi) is 4.52. The van der Waals surface area contributed by atoms with Crippen LogP contribution >= 0.6 is 0 Å². The van der Waals surface area contributed by atoms with Crippen molar-refractivity contribution in [3.05, 3.63) is 11.4 Å². The second-order valence-electron chi connectivity index (χ2n) is 6.21. The van der Waals surface area contributed by atoms with Crippen LogP contribution in [0.2, 0.25) is 0 Å². The highest BCUT2D eigenvalue weighted by Crippen LogP contribution is 2.36. The van der Waals surface area contributed by atoms with Gasteiger partial charge < -0.3 is 9.47 Å². The predicted molar refractivity (Wildman–Crippen MR) is 84.7 cm³/mol. The van der Waals surface area contributed by atoms with E-state index >= 15 is 0 Å². The van der Waals surface area contributed by atoms with Gasteiger partial charge in [-0.05, 0) is 33.6 Å². The number of fused-ring (bicyclic) bond motifs is 1. The van der Waals surface area contributed by atoms with E-state index < -0.39 is 10.0 Å². The third-order valence-corrected chi connectivity index (χ3v) is 7.05. The molecule has 3 atom stereocenters. The molecule has 0 radical (unpaired) electrons. The molecule has 0 unspecified atom stereocenters. The molecule has 1 aliphatic carbocycles. The Morgan fingerprint density at radius 3 is 2.70 bits per heavy atom. The Morgan fingerprint density at radius 2 is 2.09 bits per heavy atom. The summed E-state index contributed by atoms with van der Waals surface area (Å²) in [6, 6.07) is -0.149. The van der Waals surface area contributed by atoms with Crippen molar-refractivity contribution in [2.24, 2.45) is 7.05 Å². The Bertz CT molecular complexity index is 685. The first-order valence-electron chi connectivity index (χ1n) is 8.13. The number of aromatic nitrogens is 2. The van der Waals surface area contributed by atoms with E-state index in [9.17, 15) is 8.42 Å². The fourth-order valence-corrected chi connectivity index (χ4v) is 5.87. The van der Waals surface area contributed by atoms with Crippen molar-refractivity contribution >= 4 is 10.0 Å². The molecule has 7 nitrogen and oxygen atoms in total. The van der Waals surface area contributed by atoms with Gasteiger partial charge in [0.05, 0.1) is 30.1 Å². The number of rotatable bonds is 4. The zero-order valence-electron chi connectivity index (χ0n) is 14.2. The van der Waals surface area contributed by atoms with Gasteiger partial charge in [0.15, 0.2) is 0 Å². The fourth-order valence-electron chi connectivity index (χ4n) is 3.82. The molecule has 3 rings (SSSR count). The van der Waals surface area contributed by atoms with Crippen LogP contribution in [0.4, 0.5) is 0 Å². The summed E-state index contributed by atoms with van der Waals surface area (Å²) >= 11 is 0. The SMILES string of the molecule is CCO[C@@H]1CC[C@H]2[C@H]1OCCN2S(=O)(=O)c1c(C)nn(C)c1C. The molecule has 8 heteroatoms. The molecule has 0 bridgehead atoms. The van der Waals surface area contributed by atoms with Crippen molar-refractivity contribution in [1.82, 2.24) is 14.1 Å². The van der Waals surface area contributed by atoms with Gasteiger partial charge in [0.25, 0.3) is 0 Å². The maximum Gasteiger partial charge on any atom is 0.247 e. The molecule has 0 N–H and O–H groups in total. The molecule has 2 heterocycles. The third kappa shape index (κ3) is 2.71. The Hall–Kier alpha value is -0.960. The summed E-state index contributed by atoms with van der Waals surface area (Å²) in [6.07, 6.45) is 1.42. The minimum absolute atomic E-state index is 0.0147. The predicted octanol–water partition coefficient (Wildman–Crippen LogP) is 0.994. The van der Waals surface area contributed by atoms with E-state index in [0.717, 1.165) is 12.8 Å². The molecule has 1 aromatic heterocycles. The van der Waals surface area contributed by atoms with Crippen LogP contribution in [0.15, 0.2) is 4.90 Å². The van der Waals surface area contributed by atoms with Crippen molar-refractivity contribution in [3.8, 4) is 0 Å². The molecular weight excluding hydrogens is 318 g/mol. The minimum Gasteiger partial charge on any atom is -0.376 e. The standard InChI is InChI=1S/C15H25N3O4S/c1-5-21-13-7-6-12-14(13)22-9-8-18(12)23(19,20)15-10(2)16-17(4)11(15)3/h12-14H,5-9H2,1-4H3/t12-,13+,14+/m0/s1. The lowest BCUT2D eigenvalue weighted by Gasteiger charge is -2.38. The maximum absolute atomic E-state index is 13.2. The summed E-state index contributed by atoms with van der Waals surface area (Å²) in [5.41, 5.74) is 1.22. The number of hydrogen-bond acceptors (Lipinski definition) is 5. The average molecular weight is 343 g/mol. The Morgan fingerprint density at radius 1 is 1.35 bits per heavy atom. The van der Waals surface area contributed by atoms with Gasteiger partial charge in [0, 0.05) is 20.2 Å². The lowest BCUT2D eigenvalue weighted by atomic mass is 10.1. The smallest absolute Gasteiger partial charge is 0.247 e. The van der Waals surface area contributed by atoms with Gasteiger partial charge in [-0.2, -0.15) is 9.40 Å². The lowest BCUT2D eigenvalue weighted by Crippen LogP contribution is -2.53. The molecule has 1 aliphatic heterocycles. The van der Waals surface area contributed by atoms with Gasteiger partial charge >= 0.3 is 0 Å². The Labute approximate surface area is 137 Å². The van der Waals surface area contributed by atoms with Crippen molar-refractivity contribution < 1.29 is 17.9 Å². The fraction of sp³-hybridized carbons (Fsp3) is 0.800. The quantitative estimate of drug-likeness (QED) is 0.815. The van der Waals surface area contributed by atoms with Crippen molar-refractivity contribution in [1.29, 1.82) is 0 Å². The maximum atomic E-state index is 13.2. The topological polar surface area (TPSA) is 73.7 Å². The summed E-state index contributed by atoms with van der Waals surface area (Å²) in [6.45, 7) is 6.90. The Balaban J connectivity index is 1.94. The van der Waals surface area contributed by atoms with E-state index in [1.807, 2.05) is 6.92 Å². The van der Waals surface area contributed by atoms with Crippen LogP contribution < -0.4 is 0 Å². The number of sulfonamides is 1. The molecule has 2 fully saturated rings. The van der Waals surface area contributed by atoms with Gasteiger partial charge in [-0.1, -0.05) is 0 Å². The number of nitrogens with zero attached hydrogens (tertiary/aromatic N) is 3. The summed E-state index contributed by atoms with van der Waals surface area (Å²) < 4.78 is 41.3. The first-order valence-corrected chi connectivity index (χ1v) is 9.57. The molecular formula is C15H25N3O4S. The van der Waals surface area contributed by atoms with Crippen molar-refractivity contribution in [3.63, 3.8) is 0 Å². The summed E-state index contributed by atoms with van der Waals surface area (Å²) in [5, 5.41) is 4.26. The molecule has 23 heavy (non-hydrogen) atoms. The van der Waals surface area contributed by atoms with Crippen LogP contribution in [-0.2, 0) is 26.5 Å². The highest BCUT2D eigenvalue weighted by molar-refractivity contribution is 7.89. The highest BCUT2D eigenvalue weighted by Gasteiger charge is 2.48. The number of morpholine rings is 1. The van der Waals surface area contributed by atoms with Crippen LogP contribution in [0.5, 0.6) is 0 Å². The molecule has 130 valence electrons. The van der Waals surface area contributed by atoms with Crippen LogP contribution in [-0.4, -0.2) is 60.5 Å². The summed E-state index contributed by atoms with van der Waals surface area (Å²) in [4.78, 5) is 0.334. The molecule has 0 spiro atoms. The van der Waals surface area contributed by atoms with Gasteiger partial charge in [-0.3, -0.25) is 4.68 Å². The zero-order valence-corrected chi connectivity index (χ0v) is 15.0. The van der Waals surface area contributed by atoms with Gasteiger partial charge in [-0.25, -0.2) is 8.42 Å². The van der Waals surface area contributed by atoms with E-state index in [-0.39, 0.29) is 18.2 Å². The van der Waals surface area contributed by atoms with Gasteiger partial charge in [0.2, 0.25) is 10.0 Å². The lowest BCUT2D eigenvalue weighted by molar-refractivity contribution is -0.0938. The molecule has 1 saturated heterocycles. The van der Waals surface area contributed by atoms with E-state index in [1.165, 1.54) is 0 Å². The second-order valence-corrected chi connectivity index (χ2v) is 8.04. The van der Waals surface area contributed by atoms with Crippen LogP contribution in [0.25, 0.3) is 0 Å². The summed E-state index contributed by atoms with van der Waals surface area (Å²) in [5.74, 6) is 0. The monoisotopic (exact) mass is 343 g/mol. The molecule has 1 saturated carbocycles. The number of aryl methyl sites for hydroxylation is 2. The molecule has 2 aliphatic rings. The molecule has 1 aromatic rings. The molecule has 0 amide bonds. The van der Waals surface area contributed by atoms with Crippen LogP contribution in [0.1, 0.15) is 31.2 Å². The zero-order chi connectivity index (χ0) is 16.8. The van der Waals surface area contributed by atoms with Crippen LogP contribution in [0.3, 0.4) is 0 Å². The van der Waals surface area contributed by atoms with E-state index in [0.29, 0.717) is 36.0 Å². The first-order chi connectivity index (χ1) is 10.9. The normalized spacial score (nSPS) is 29.0. The number of ether oxygens (including phenoxy) is 2. The summed E-state index contributed by atoms with van der Waals surface area (Å²) in [7, 11) is -1.81. The second kappa shape index (κ2) is 6.16. The minimum atomic E-state index is -3.58. The number of hydrogen-bond donors (Lipinski definition) is 0. The molecule has 0 aromatic carbocycles. The van der Waals surface area contributed by atoms with Crippen molar-refractivity contribution in [2.75, 3.05) is 19.8 Å². The van der Waals surface area contributed by atoms with Crippen molar-refractivity contribution in [2.45, 2.75) is 56.8 Å². The highest BCUT2D eigenvalue weighted by atomic mass is 32.2. The van der Waals surface area contributed by atoms with Gasteiger partial charge in [0.1, 0.15) is 11.0 Å².